The molecular weight excluding hydrogens is 442 g/mol. The van der Waals surface area contributed by atoms with Crippen LogP contribution in [0.4, 0.5) is 5.69 Å². The molecule has 0 saturated carbocycles. The Balaban J connectivity index is 1.38. The van der Waals surface area contributed by atoms with Crippen LogP contribution in [-0.2, 0) is 16.0 Å². The van der Waals surface area contributed by atoms with Crippen LogP contribution in [0.5, 0.6) is 0 Å². The molecule has 0 atom stereocenters. The molecular formula is C33H52NO2+. The molecule has 200 valence electrons. The fourth-order valence-electron chi connectivity index (χ4n) is 5.20. The molecule has 0 aliphatic rings. The first-order chi connectivity index (χ1) is 17.7. The summed E-state index contributed by atoms with van der Waals surface area (Å²) in [5.74, 6) is -0.0304. The van der Waals surface area contributed by atoms with Crippen LogP contribution in [0.1, 0.15) is 103 Å². The van der Waals surface area contributed by atoms with Crippen LogP contribution < -0.4 is 4.48 Å². The van der Waals surface area contributed by atoms with Gasteiger partial charge in [0.1, 0.15) is 18.8 Å². The predicted molar refractivity (Wildman–Crippen MR) is 155 cm³/mol. The van der Waals surface area contributed by atoms with Gasteiger partial charge in [-0.15, -0.1) is 0 Å². The van der Waals surface area contributed by atoms with Gasteiger partial charge in [-0.1, -0.05) is 113 Å². The van der Waals surface area contributed by atoms with E-state index in [1.165, 1.54) is 81.9 Å². The maximum atomic E-state index is 12.2. The van der Waals surface area contributed by atoms with Crippen LogP contribution in [0, 0.1) is 0 Å². The van der Waals surface area contributed by atoms with E-state index in [2.05, 4.69) is 74.5 Å². The van der Waals surface area contributed by atoms with Crippen LogP contribution in [0.3, 0.4) is 0 Å². The van der Waals surface area contributed by atoms with Gasteiger partial charge in [-0.2, -0.15) is 0 Å². The Kier molecular flexibility index (Phi) is 15.9. The number of rotatable bonds is 21. The van der Waals surface area contributed by atoms with Gasteiger partial charge in [0.25, 0.3) is 0 Å². The van der Waals surface area contributed by atoms with Crippen molar-refractivity contribution in [3.63, 3.8) is 0 Å². The number of nitrogens with zero attached hydrogens (tertiary/aromatic N) is 1. The number of unbranched alkanes of at least 4 members (excludes halogenated alkanes) is 11. The van der Waals surface area contributed by atoms with Gasteiger partial charge in [-0.25, -0.2) is 0 Å². The monoisotopic (exact) mass is 494 g/mol. The molecule has 3 heteroatoms. The van der Waals surface area contributed by atoms with Crippen molar-refractivity contribution in [2.75, 3.05) is 26.2 Å². The summed E-state index contributed by atoms with van der Waals surface area (Å²) in [5, 5.41) is 0. The van der Waals surface area contributed by atoms with Crippen molar-refractivity contribution < 1.29 is 9.53 Å². The van der Waals surface area contributed by atoms with Gasteiger partial charge < -0.3 is 4.74 Å². The van der Waals surface area contributed by atoms with Crippen molar-refractivity contribution in [1.29, 1.82) is 0 Å². The number of aryl methyl sites for hydroxylation is 1. The summed E-state index contributed by atoms with van der Waals surface area (Å²) in [6.45, 7) is 7.79. The van der Waals surface area contributed by atoms with Crippen molar-refractivity contribution in [2.24, 2.45) is 0 Å². The molecule has 0 heterocycles. The van der Waals surface area contributed by atoms with Gasteiger partial charge in [0.15, 0.2) is 0 Å². The Bertz CT molecular complexity index is 786. The molecule has 0 aromatic heterocycles. The Labute approximate surface area is 221 Å². The molecule has 3 nitrogen and oxygen atoms in total. The lowest BCUT2D eigenvalue weighted by atomic mass is 10.0. The van der Waals surface area contributed by atoms with Crippen LogP contribution in [-0.4, -0.2) is 32.2 Å². The van der Waals surface area contributed by atoms with E-state index in [-0.39, 0.29) is 5.97 Å². The molecule has 0 saturated heterocycles. The number of ether oxygens (including phenoxy) is 1. The number of quaternary nitrogens is 1. The van der Waals surface area contributed by atoms with E-state index in [9.17, 15) is 4.79 Å². The van der Waals surface area contributed by atoms with Crippen molar-refractivity contribution >= 4 is 11.7 Å². The van der Waals surface area contributed by atoms with E-state index >= 15 is 0 Å². The Morgan fingerprint density at radius 3 is 1.64 bits per heavy atom. The number of likely N-dealkylation sites (N-methyl/N-ethyl adjacent to an activating group) is 1. The summed E-state index contributed by atoms with van der Waals surface area (Å²) in [6.07, 6.45) is 17.4. The van der Waals surface area contributed by atoms with Crippen LogP contribution >= 0.6 is 0 Å². The lowest BCUT2D eigenvalue weighted by Gasteiger charge is -2.36. The molecule has 0 N–H and O–H groups in total. The van der Waals surface area contributed by atoms with E-state index in [1.54, 1.807) is 0 Å². The molecule has 0 aliphatic heterocycles. The molecule has 0 spiro atoms. The SMILES string of the molecule is CC[N+](CC)(CCOC(=O)CCCCCCCCCCCCCCc1ccccc1)c1ccccc1. The number of hydrogen-bond donors (Lipinski definition) is 0. The topological polar surface area (TPSA) is 26.3 Å². The van der Waals surface area contributed by atoms with Gasteiger partial charge in [-0.05, 0) is 50.8 Å². The van der Waals surface area contributed by atoms with Crippen molar-refractivity contribution in [1.82, 2.24) is 4.48 Å². The maximum absolute atomic E-state index is 12.2. The molecule has 0 radical (unpaired) electrons. The highest BCUT2D eigenvalue weighted by molar-refractivity contribution is 5.69. The second kappa shape index (κ2) is 19.0. The smallest absolute Gasteiger partial charge is 0.305 e. The highest BCUT2D eigenvalue weighted by Gasteiger charge is 2.26. The second-order valence-corrected chi connectivity index (χ2v) is 10.3. The molecule has 0 unspecified atom stereocenters. The number of para-hydroxylation sites is 1. The number of benzene rings is 2. The molecule has 2 aromatic rings. The molecule has 2 aromatic carbocycles. The van der Waals surface area contributed by atoms with Gasteiger partial charge in [0, 0.05) is 6.42 Å². The first-order valence-electron chi connectivity index (χ1n) is 14.8. The maximum Gasteiger partial charge on any atom is 0.305 e. The lowest BCUT2D eigenvalue weighted by molar-refractivity contribution is -0.144. The van der Waals surface area contributed by atoms with Gasteiger partial charge in [-0.3, -0.25) is 9.28 Å². The third-order valence-electron chi connectivity index (χ3n) is 7.74. The largest absolute Gasteiger partial charge is 0.460 e. The molecule has 0 fully saturated rings. The van der Waals surface area contributed by atoms with E-state index in [0.717, 1.165) is 37.0 Å². The summed E-state index contributed by atoms with van der Waals surface area (Å²) in [7, 11) is 0. The zero-order valence-electron chi connectivity index (χ0n) is 23.3. The normalized spacial score (nSPS) is 11.5. The van der Waals surface area contributed by atoms with Crippen molar-refractivity contribution in [3.8, 4) is 0 Å². The summed E-state index contributed by atoms with van der Waals surface area (Å²) < 4.78 is 6.46. The average Bonchev–Trinajstić information content (AvgIpc) is 2.92. The molecule has 36 heavy (non-hydrogen) atoms. The van der Waals surface area contributed by atoms with Crippen LogP contribution in [0.25, 0.3) is 0 Å². The highest BCUT2D eigenvalue weighted by atomic mass is 16.5. The minimum Gasteiger partial charge on any atom is -0.460 e. The van der Waals surface area contributed by atoms with E-state index < -0.39 is 0 Å². The van der Waals surface area contributed by atoms with Crippen molar-refractivity contribution in [2.45, 2.75) is 104 Å². The second-order valence-electron chi connectivity index (χ2n) is 10.3. The molecule has 0 aliphatic carbocycles. The third-order valence-corrected chi connectivity index (χ3v) is 7.74. The van der Waals surface area contributed by atoms with E-state index in [0.29, 0.717) is 13.0 Å². The van der Waals surface area contributed by atoms with Crippen LogP contribution in [0.15, 0.2) is 60.7 Å². The molecule has 0 amide bonds. The molecule has 2 rings (SSSR count). The van der Waals surface area contributed by atoms with Gasteiger partial charge in [0.2, 0.25) is 0 Å². The Morgan fingerprint density at radius 1 is 0.639 bits per heavy atom. The third kappa shape index (κ3) is 12.2. The van der Waals surface area contributed by atoms with E-state index in [4.69, 9.17) is 4.74 Å². The molecule has 0 bridgehead atoms. The standard InChI is InChI=1S/C33H52NO2/c1-3-34(4-2,32-26-20-16-21-27-32)29-30-36-33(35)28-22-14-12-10-8-6-5-7-9-11-13-17-23-31-24-18-15-19-25-31/h15-16,18-21,24-27H,3-14,17,22-23,28-30H2,1-2H3/q+1. The van der Waals surface area contributed by atoms with Crippen LogP contribution in [0.2, 0.25) is 0 Å². The number of esters is 1. The Morgan fingerprint density at radius 2 is 1.11 bits per heavy atom. The Hall–Kier alpha value is -2.13. The summed E-state index contributed by atoms with van der Waals surface area (Å²) in [5.41, 5.74) is 2.78. The van der Waals surface area contributed by atoms with Gasteiger partial charge in [0.05, 0.1) is 13.1 Å². The lowest BCUT2D eigenvalue weighted by Crippen LogP contribution is -2.51. The average molecular weight is 495 g/mol. The van der Waals surface area contributed by atoms with E-state index in [1.807, 2.05) is 0 Å². The number of carbonyl (C=O) groups is 1. The predicted octanol–water partition coefficient (Wildman–Crippen LogP) is 8.89. The minimum atomic E-state index is -0.0304. The fourth-order valence-corrected chi connectivity index (χ4v) is 5.20. The first-order valence-corrected chi connectivity index (χ1v) is 14.8. The van der Waals surface area contributed by atoms with Crippen molar-refractivity contribution in [3.05, 3.63) is 66.2 Å². The number of hydrogen-bond acceptors (Lipinski definition) is 2. The first kappa shape index (κ1) is 30.1. The summed E-state index contributed by atoms with van der Waals surface area (Å²) in [6, 6.07) is 21.5. The number of carbonyl (C=O) groups excluding carboxylic acids is 1. The minimum absolute atomic E-state index is 0.0304. The summed E-state index contributed by atoms with van der Waals surface area (Å²) in [4.78, 5) is 12.2. The summed E-state index contributed by atoms with van der Waals surface area (Å²) >= 11 is 0. The quantitative estimate of drug-likeness (QED) is 0.0983. The van der Waals surface area contributed by atoms with Gasteiger partial charge >= 0.3 is 5.97 Å². The highest BCUT2D eigenvalue weighted by Crippen LogP contribution is 2.22. The zero-order chi connectivity index (χ0) is 25.7. The zero-order valence-corrected chi connectivity index (χ0v) is 23.3. The fraction of sp³-hybridized carbons (Fsp3) is 0.606.